The Balaban J connectivity index is 2.71. The normalized spacial score (nSPS) is 11.8. The molecule has 1 aromatic rings. The molecule has 0 saturated heterocycles. The van der Waals surface area contributed by atoms with Gasteiger partial charge in [-0.3, -0.25) is 0 Å². The van der Waals surface area contributed by atoms with E-state index in [-0.39, 0.29) is 13.2 Å². The number of hydrogen-bond acceptors (Lipinski definition) is 3. The molecule has 0 fully saturated rings. The van der Waals surface area contributed by atoms with E-state index in [1.54, 1.807) is 39.0 Å². The lowest BCUT2D eigenvalue weighted by molar-refractivity contribution is 0.350. The molecule has 0 atom stereocenters. The van der Waals surface area contributed by atoms with Crippen LogP contribution in [-0.2, 0) is 16.8 Å². The number of aliphatic hydroxyl groups excluding tert-OH is 1. The predicted molar refractivity (Wildman–Crippen MR) is 79.1 cm³/mol. The summed E-state index contributed by atoms with van der Waals surface area (Å²) in [6, 6.07) is 7.18. The highest BCUT2D eigenvalue weighted by molar-refractivity contribution is 7.87. The Hall–Kier alpha value is -1.39. The summed E-state index contributed by atoms with van der Waals surface area (Å²) in [4.78, 5) is 0. The Morgan fingerprint density at radius 3 is 2.60 bits per heavy atom. The zero-order chi connectivity index (χ0) is 15.2. The lowest BCUT2D eigenvalue weighted by atomic mass is 10.1. The van der Waals surface area contributed by atoms with E-state index < -0.39 is 15.7 Å². The van der Waals surface area contributed by atoms with E-state index in [0.29, 0.717) is 0 Å². The highest BCUT2D eigenvalue weighted by atomic mass is 32.2. The number of rotatable bonds is 4. The molecule has 0 amide bonds. The summed E-state index contributed by atoms with van der Waals surface area (Å²) in [7, 11) is -3.54. The largest absolute Gasteiger partial charge is 0.384 e. The molecule has 0 saturated carbocycles. The topological polar surface area (TPSA) is 78.4 Å². The molecule has 0 aromatic heterocycles. The fraction of sp³-hybridized carbons (Fsp3) is 0.429. The minimum atomic E-state index is -3.54. The Labute approximate surface area is 120 Å². The van der Waals surface area contributed by atoms with Crippen LogP contribution in [0.3, 0.4) is 0 Å². The number of nitrogens with one attached hydrogen (secondary N) is 2. The molecule has 20 heavy (non-hydrogen) atoms. The van der Waals surface area contributed by atoms with Crippen LogP contribution in [0.15, 0.2) is 24.3 Å². The average Bonchev–Trinajstić information content (AvgIpc) is 2.32. The molecule has 0 unspecified atom stereocenters. The van der Waals surface area contributed by atoms with Crippen molar-refractivity contribution in [2.75, 3.05) is 6.61 Å². The summed E-state index contributed by atoms with van der Waals surface area (Å²) in [5.41, 5.74) is 1.01. The van der Waals surface area contributed by atoms with Crippen molar-refractivity contribution in [2.24, 2.45) is 0 Å². The third kappa shape index (κ3) is 6.68. The summed E-state index contributed by atoms with van der Waals surface area (Å²) in [5, 5.41) is 8.64. The van der Waals surface area contributed by atoms with Gasteiger partial charge in [-0.25, -0.2) is 0 Å². The van der Waals surface area contributed by atoms with Gasteiger partial charge < -0.3 is 5.11 Å². The Morgan fingerprint density at radius 1 is 1.30 bits per heavy atom. The van der Waals surface area contributed by atoms with Crippen molar-refractivity contribution in [1.29, 1.82) is 0 Å². The van der Waals surface area contributed by atoms with Gasteiger partial charge in [-0.2, -0.15) is 17.9 Å². The third-order valence-electron chi connectivity index (χ3n) is 2.15. The number of benzene rings is 1. The predicted octanol–water partition coefficient (Wildman–Crippen LogP) is 0.753. The van der Waals surface area contributed by atoms with Crippen LogP contribution < -0.4 is 9.44 Å². The molecule has 0 aliphatic rings. The quantitative estimate of drug-likeness (QED) is 0.718. The van der Waals surface area contributed by atoms with E-state index in [1.165, 1.54) is 0 Å². The van der Waals surface area contributed by atoms with E-state index >= 15 is 0 Å². The van der Waals surface area contributed by atoms with Gasteiger partial charge in [-0.05, 0) is 38.5 Å². The van der Waals surface area contributed by atoms with Crippen LogP contribution in [0.25, 0.3) is 0 Å². The lowest BCUT2D eigenvalue weighted by Crippen LogP contribution is -2.46. The molecule has 0 radical (unpaired) electrons. The second kappa shape index (κ2) is 6.86. The number of aliphatic hydroxyl groups is 1. The molecule has 0 heterocycles. The fourth-order valence-electron chi connectivity index (χ4n) is 1.52. The van der Waals surface area contributed by atoms with Crippen molar-refractivity contribution in [3.63, 3.8) is 0 Å². The third-order valence-corrected chi connectivity index (χ3v) is 3.55. The minimum absolute atomic E-state index is 0.181. The van der Waals surface area contributed by atoms with Crippen molar-refractivity contribution in [1.82, 2.24) is 9.44 Å². The molecule has 0 aliphatic carbocycles. The molecule has 0 spiro atoms. The second-order valence-electron chi connectivity index (χ2n) is 5.34. The van der Waals surface area contributed by atoms with Crippen molar-refractivity contribution in [3.05, 3.63) is 35.4 Å². The van der Waals surface area contributed by atoms with Crippen molar-refractivity contribution < 1.29 is 13.5 Å². The summed E-state index contributed by atoms with van der Waals surface area (Å²) >= 11 is 0. The molecule has 0 aliphatic heterocycles. The van der Waals surface area contributed by atoms with Gasteiger partial charge >= 0.3 is 0 Å². The lowest BCUT2D eigenvalue weighted by Gasteiger charge is -2.20. The van der Waals surface area contributed by atoms with Crippen LogP contribution >= 0.6 is 0 Å². The highest BCUT2D eigenvalue weighted by Crippen LogP contribution is 2.05. The summed E-state index contributed by atoms with van der Waals surface area (Å²) < 4.78 is 28.6. The van der Waals surface area contributed by atoms with Gasteiger partial charge in [-0.1, -0.05) is 24.0 Å². The maximum absolute atomic E-state index is 11.8. The van der Waals surface area contributed by atoms with Crippen molar-refractivity contribution in [2.45, 2.75) is 32.9 Å². The van der Waals surface area contributed by atoms with Gasteiger partial charge in [0, 0.05) is 17.6 Å². The van der Waals surface area contributed by atoms with Crippen molar-refractivity contribution >= 4 is 10.2 Å². The Morgan fingerprint density at radius 2 is 2.00 bits per heavy atom. The van der Waals surface area contributed by atoms with Crippen LogP contribution in [0.2, 0.25) is 0 Å². The zero-order valence-corrected chi connectivity index (χ0v) is 12.7. The zero-order valence-electron chi connectivity index (χ0n) is 11.9. The van der Waals surface area contributed by atoms with Crippen LogP contribution in [-0.4, -0.2) is 25.7 Å². The van der Waals surface area contributed by atoms with Crippen molar-refractivity contribution in [3.8, 4) is 11.8 Å². The summed E-state index contributed by atoms with van der Waals surface area (Å²) in [6.07, 6.45) is 0. The molecule has 5 nitrogen and oxygen atoms in total. The highest BCUT2D eigenvalue weighted by Gasteiger charge is 2.19. The summed E-state index contributed by atoms with van der Waals surface area (Å²) in [6.45, 7) is 5.30. The van der Waals surface area contributed by atoms with Gasteiger partial charge in [0.15, 0.2) is 0 Å². The van der Waals surface area contributed by atoms with Gasteiger partial charge in [-0.15, -0.1) is 0 Å². The molecular formula is C14H20N2O3S. The molecule has 1 rings (SSSR count). The first-order valence-corrected chi connectivity index (χ1v) is 7.67. The Kier molecular flexibility index (Phi) is 5.72. The minimum Gasteiger partial charge on any atom is -0.384 e. The van der Waals surface area contributed by atoms with Gasteiger partial charge in [0.1, 0.15) is 6.61 Å². The van der Waals surface area contributed by atoms with Gasteiger partial charge in [0.2, 0.25) is 0 Å². The van der Waals surface area contributed by atoms with E-state index in [4.69, 9.17) is 5.11 Å². The average molecular weight is 296 g/mol. The molecule has 6 heteroatoms. The first kappa shape index (κ1) is 16.7. The van der Waals surface area contributed by atoms with E-state index in [2.05, 4.69) is 21.3 Å². The van der Waals surface area contributed by atoms with Gasteiger partial charge in [0.25, 0.3) is 10.2 Å². The van der Waals surface area contributed by atoms with Gasteiger partial charge in [0.05, 0.1) is 0 Å². The van der Waals surface area contributed by atoms with Crippen LogP contribution in [0, 0.1) is 11.8 Å². The van der Waals surface area contributed by atoms with E-state index in [9.17, 15) is 8.42 Å². The molecule has 3 N–H and O–H groups in total. The smallest absolute Gasteiger partial charge is 0.277 e. The van der Waals surface area contributed by atoms with Crippen LogP contribution in [0.5, 0.6) is 0 Å². The maximum Gasteiger partial charge on any atom is 0.277 e. The summed E-state index contributed by atoms with van der Waals surface area (Å²) in [5.74, 6) is 5.33. The SMILES string of the molecule is CC(C)(C)NS(=O)(=O)NCc1cccc(C#CCO)c1. The first-order valence-electron chi connectivity index (χ1n) is 6.19. The molecule has 1 aromatic carbocycles. The fourth-order valence-corrected chi connectivity index (χ4v) is 2.75. The maximum atomic E-state index is 11.8. The second-order valence-corrected chi connectivity index (χ2v) is 6.84. The van der Waals surface area contributed by atoms with E-state index in [0.717, 1.165) is 11.1 Å². The Bertz CT molecular complexity index is 607. The standard InChI is InChI=1S/C14H20N2O3S/c1-14(2,3)16-20(18,19)15-11-13-7-4-6-12(10-13)8-5-9-17/h4,6-7,10,15-17H,9,11H2,1-3H3. The molecule has 0 bridgehead atoms. The monoisotopic (exact) mass is 296 g/mol. The molecular weight excluding hydrogens is 276 g/mol. The molecule has 110 valence electrons. The van der Waals surface area contributed by atoms with Crippen LogP contribution in [0.1, 0.15) is 31.9 Å². The number of hydrogen-bond donors (Lipinski definition) is 3. The first-order chi connectivity index (χ1) is 9.22. The van der Waals surface area contributed by atoms with Crippen LogP contribution in [0.4, 0.5) is 0 Å². The van der Waals surface area contributed by atoms with E-state index in [1.807, 2.05) is 6.07 Å².